The number of fused-ring (bicyclic) bond motifs is 5. The highest BCUT2D eigenvalue weighted by atomic mass is 16.5. The zero-order valence-electron chi connectivity index (χ0n) is 22.3. The molecule has 0 aliphatic heterocycles. The van der Waals surface area contributed by atoms with Gasteiger partial charge in [-0.3, -0.25) is 9.80 Å². The summed E-state index contributed by atoms with van der Waals surface area (Å²) in [5, 5.41) is 25.5. The number of nitriles is 1. The number of hydrogen-bond acceptors (Lipinski definition) is 6. The van der Waals surface area contributed by atoms with Crippen molar-refractivity contribution in [3.63, 3.8) is 0 Å². The Bertz CT molecular complexity index is 892. The zero-order chi connectivity index (χ0) is 25.4. The van der Waals surface area contributed by atoms with Crippen molar-refractivity contribution < 1.29 is 14.6 Å². The number of nitrogens with zero attached hydrogens (tertiary/aromatic N) is 3. The van der Waals surface area contributed by atoms with Crippen molar-refractivity contribution in [3.8, 4) is 6.07 Å². The van der Waals surface area contributed by atoms with Gasteiger partial charge >= 0.3 is 0 Å². The lowest BCUT2D eigenvalue weighted by Crippen LogP contribution is -2.58. The molecule has 0 aromatic carbocycles. The molecule has 4 rings (SSSR count). The second kappa shape index (κ2) is 9.98. The summed E-state index contributed by atoms with van der Waals surface area (Å²) in [4.78, 5) is 13.5. The highest BCUT2D eigenvalue weighted by molar-refractivity contribution is 5.84. The lowest BCUT2D eigenvalue weighted by molar-refractivity contribution is -0.178. The second-order valence-corrected chi connectivity index (χ2v) is 12.5. The SMILES string of the molecule is C=NN(/C=C(\C)C#N)CC(=O)[C@H]1CC[C@H]2[C@@H]3CC[C@@H]4C[C@](C)(O)CC[C@]4(COCC)[C@H]3CC[C@]12C. The number of aliphatic hydroxyl groups is 1. The molecule has 8 atom stereocenters. The molecule has 6 nitrogen and oxygen atoms in total. The molecule has 0 unspecified atom stereocenters. The Hall–Kier alpha value is -1.71. The summed E-state index contributed by atoms with van der Waals surface area (Å²) in [6.45, 7) is 13.6. The topological polar surface area (TPSA) is 85.9 Å². The van der Waals surface area contributed by atoms with Gasteiger partial charge in [0.2, 0.25) is 0 Å². The van der Waals surface area contributed by atoms with Crippen molar-refractivity contribution in [2.75, 3.05) is 19.8 Å². The summed E-state index contributed by atoms with van der Waals surface area (Å²) < 4.78 is 6.16. The molecule has 194 valence electrons. The van der Waals surface area contributed by atoms with Crippen LogP contribution in [0.4, 0.5) is 0 Å². The molecule has 4 saturated carbocycles. The normalized spacial score (nSPS) is 42.9. The highest BCUT2D eigenvalue weighted by Gasteiger charge is 2.63. The number of hydrogen-bond donors (Lipinski definition) is 1. The predicted molar refractivity (Wildman–Crippen MR) is 137 cm³/mol. The number of rotatable bonds is 8. The molecule has 0 radical (unpaired) electrons. The van der Waals surface area contributed by atoms with E-state index in [1.165, 1.54) is 17.9 Å². The molecular weight excluding hydrogens is 438 g/mol. The van der Waals surface area contributed by atoms with Gasteiger partial charge in [-0.25, -0.2) is 0 Å². The van der Waals surface area contributed by atoms with Crippen LogP contribution in [-0.2, 0) is 9.53 Å². The van der Waals surface area contributed by atoms with Crippen molar-refractivity contribution in [2.45, 2.75) is 91.1 Å². The van der Waals surface area contributed by atoms with Crippen LogP contribution in [0.25, 0.3) is 0 Å². The van der Waals surface area contributed by atoms with Crippen LogP contribution in [0.1, 0.15) is 85.5 Å². The summed E-state index contributed by atoms with van der Waals surface area (Å²) in [6, 6.07) is 2.10. The molecule has 0 spiro atoms. The van der Waals surface area contributed by atoms with E-state index in [1.54, 1.807) is 13.1 Å². The molecule has 4 fully saturated rings. The Labute approximate surface area is 211 Å². The summed E-state index contributed by atoms with van der Waals surface area (Å²) in [5.41, 5.74) is 0.168. The van der Waals surface area contributed by atoms with Crippen LogP contribution in [-0.4, -0.2) is 48.0 Å². The third-order valence-corrected chi connectivity index (χ3v) is 10.6. The molecule has 6 heteroatoms. The van der Waals surface area contributed by atoms with Gasteiger partial charge in [-0.2, -0.15) is 10.4 Å². The third kappa shape index (κ3) is 4.71. The van der Waals surface area contributed by atoms with E-state index in [4.69, 9.17) is 10.00 Å². The lowest BCUT2D eigenvalue weighted by Gasteiger charge is -2.62. The number of hydrazone groups is 1. The summed E-state index contributed by atoms with van der Waals surface area (Å²) in [7, 11) is 0. The van der Waals surface area contributed by atoms with E-state index in [1.807, 2.05) is 6.92 Å². The van der Waals surface area contributed by atoms with Crippen LogP contribution in [0.15, 0.2) is 16.9 Å². The minimum absolute atomic E-state index is 0.0267. The van der Waals surface area contributed by atoms with Crippen molar-refractivity contribution in [1.29, 1.82) is 5.26 Å². The van der Waals surface area contributed by atoms with Gasteiger partial charge < -0.3 is 9.84 Å². The van der Waals surface area contributed by atoms with Crippen molar-refractivity contribution in [3.05, 3.63) is 11.8 Å². The van der Waals surface area contributed by atoms with Gasteiger partial charge in [0, 0.05) is 31.0 Å². The van der Waals surface area contributed by atoms with E-state index in [0.717, 1.165) is 58.2 Å². The van der Waals surface area contributed by atoms with E-state index in [0.29, 0.717) is 29.2 Å². The maximum atomic E-state index is 13.5. The first-order chi connectivity index (χ1) is 16.6. The van der Waals surface area contributed by atoms with Gasteiger partial charge in [-0.15, -0.1) is 0 Å². The molecule has 0 aromatic heterocycles. The highest BCUT2D eigenvalue weighted by Crippen LogP contribution is 2.68. The average Bonchev–Trinajstić information content (AvgIpc) is 3.19. The summed E-state index contributed by atoms with van der Waals surface area (Å²) in [6.07, 6.45) is 11.1. The fraction of sp³-hybridized carbons (Fsp3) is 0.828. The van der Waals surface area contributed by atoms with Crippen molar-refractivity contribution >= 4 is 12.5 Å². The van der Waals surface area contributed by atoms with E-state index < -0.39 is 5.60 Å². The van der Waals surface area contributed by atoms with Crippen molar-refractivity contribution in [2.24, 2.45) is 45.5 Å². The van der Waals surface area contributed by atoms with E-state index in [-0.39, 0.29) is 29.1 Å². The van der Waals surface area contributed by atoms with E-state index >= 15 is 0 Å². The van der Waals surface area contributed by atoms with Crippen LogP contribution in [0, 0.1) is 51.8 Å². The number of Topliss-reactive ketones (excluding diaryl/α,β-unsaturated/α-hetero) is 1. The largest absolute Gasteiger partial charge is 0.390 e. The van der Waals surface area contributed by atoms with E-state index in [9.17, 15) is 9.90 Å². The molecule has 35 heavy (non-hydrogen) atoms. The zero-order valence-corrected chi connectivity index (χ0v) is 22.3. The van der Waals surface area contributed by atoms with Crippen LogP contribution in [0.5, 0.6) is 0 Å². The Morgan fingerprint density at radius 3 is 2.66 bits per heavy atom. The number of ether oxygens (including phenoxy) is 1. The number of ketones is 1. The second-order valence-electron chi connectivity index (χ2n) is 12.5. The Morgan fingerprint density at radius 1 is 1.20 bits per heavy atom. The molecular formula is C29H45N3O3. The molecule has 4 aliphatic carbocycles. The van der Waals surface area contributed by atoms with Gasteiger partial charge in [0.05, 0.1) is 24.8 Å². The first kappa shape index (κ1) is 26.4. The first-order valence-corrected chi connectivity index (χ1v) is 13.7. The maximum absolute atomic E-state index is 13.5. The molecule has 0 saturated heterocycles. The van der Waals surface area contributed by atoms with Gasteiger partial charge in [-0.05, 0) is 113 Å². The average molecular weight is 484 g/mol. The monoisotopic (exact) mass is 483 g/mol. The molecule has 0 amide bonds. The summed E-state index contributed by atoms with van der Waals surface area (Å²) in [5.74, 6) is 2.64. The van der Waals surface area contributed by atoms with Gasteiger partial charge in [0.15, 0.2) is 5.78 Å². The van der Waals surface area contributed by atoms with Gasteiger partial charge in [-0.1, -0.05) is 6.92 Å². The minimum atomic E-state index is -0.551. The molecule has 0 aromatic rings. The van der Waals surface area contributed by atoms with Crippen LogP contribution in [0.2, 0.25) is 0 Å². The van der Waals surface area contributed by atoms with Crippen LogP contribution in [0.3, 0.4) is 0 Å². The Kier molecular flexibility index (Phi) is 7.51. The Morgan fingerprint density at radius 2 is 1.97 bits per heavy atom. The third-order valence-electron chi connectivity index (χ3n) is 10.6. The van der Waals surface area contributed by atoms with Gasteiger partial charge in [0.1, 0.15) is 0 Å². The number of carbonyl (C=O) groups excluding carboxylic acids is 1. The first-order valence-electron chi connectivity index (χ1n) is 13.7. The van der Waals surface area contributed by atoms with Crippen LogP contribution < -0.4 is 0 Å². The lowest BCUT2D eigenvalue weighted by atomic mass is 9.43. The number of carbonyl (C=O) groups is 1. The molecule has 4 aliphatic rings. The predicted octanol–water partition coefficient (Wildman–Crippen LogP) is 5.33. The van der Waals surface area contributed by atoms with E-state index in [2.05, 4.69) is 31.7 Å². The molecule has 1 N–H and O–H groups in total. The molecule has 0 heterocycles. The Balaban J connectivity index is 1.54. The fourth-order valence-electron chi connectivity index (χ4n) is 8.99. The maximum Gasteiger partial charge on any atom is 0.157 e. The van der Waals surface area contributed by atoms with Gasteiger partial charge in [0.25, 0.3) is 0 Å². The quantitative estimate of drug-likeness (QED) is 0.287. The smallest absolute Gasteiger partial charge is 0.157 e. The standard InChI is InChI=1S/C29H45N3O3/c1-6-35-19-29-14-13-27(3,34)15-21(29)7-8-22-23-9-10-25(28(23,4)12-11-24(22)29)26(33)18-32(31-5)17-20(2)16-30/h17,21-25,34H,5-15,18-19H2,1-4H3/b20-17+/t21-,22+,23+,24+,25-,27-,28+,29-/m1/s1. The minimum Gasteiger partial charge on any atom is -0.390 e. The number of allylic oxidation sites excluding steroid dienone is 1. The summed E-state index contributed by atoms with van der Waals surface area (Å²) >= 11 is 0. The van der Waals surface area contributed by atoms with Crippen LogP contribution >= 0.6 is 0 Å². The van der Waals surface area contributed by atoms with Crippen molar-refractivity contribution in [1.82, 2.24) is 5.01 Å². The molecule has 0 bridgehead atoms. The fourth-order valence-corrected chi connectivity index (χ4v) is 8.99.